The van der Waals surface area contributed by atoms with E-state index in [1.807, 2.05) is 19.2 Å². The Hall–Kier alpha value is -1.22. The number of halogens is 2. The monoisotopic (exact) mass is 323 g/mol. The summed E-state index contributed by atoms with van der Waals surface area (Å²) in [5.41, 5.74) is 4.38. The van der Waals surface area contributed by atoms with Crippen molar-refractivity contribution < 1.29 is 4.74 Å². The van der Waals surface area contributed by atoms with E-state index in [0.29, 0.717) is 10.0 Å². The van der Waals surface area contributed by atoms with Crippen molar-refractivity contribution in [3.05, 3.63) is 62.6 Å². The second-order valence-electron chi connectivity index (χ2n) is 5.02. The normalized spacial score (nSPS) is 12.3. The van der Waals surface area contributed by atoms with Crippen LogP contribution in [0.25, 0.3) is 0 Å². The summed E-state index contributed by atoms with van der Waals surface area (Å²) >= 11 is 12.3. The highest BCUT2D eigenvalue weighted by Crippen LogP contribution is 2.37. The standard InChI is InChI=1S/C17H19Cl2NO/c1-10-5-7-14(17(21-4)11(10)2)16(20-3)13-8-6-12(18)9-15(13)19/h5-9,16,20H,1-4H3. The minimum atomic E-state index is -0.0518. The lowest BCUT2D eigenvalue weighted by molar-refractivity contribution is 0.402. The third-order valence-electron chi connectivity index (χ3n) is 3.78. The van der Waals surface area contributed by atoms with Gasteiger partial charge >= 0.3 is 0 Å². The highest BCUT2D eigenvalue weighted by Gasteiger charge is 2.21. The minimum Gasteiger partial charge on any atom is -0.496 e. The summed E-state index contributed by atoms with van der Waals surface area (Å²) in [4.78, 5) is 0. The van der Waals surface area contributed by atoms with Gasteiger partial charge in [0.05, 0.1) is 13.2 Å². The smallest absolute Gasteiger partial charge is 0.127 e. The van der Waals surface area contributed by atoms with E-state index < -0.39 is 0 Å². The van der Waals surface area contributed by atoms with Gasteiger partial charge in [0, 0.05) is 15.6 Å². The van der Waals surface area contributed by atoms with Gasteiger partial charge in [0.15, 0.2) is 0 Å². The molecule has 2 rings (SSSR count). The van der Waals surface area contributed by atoms with Crippen LogP contribution in [0.2, 0.25) is 10.0 Å². The third-order valence-corrected chi connectivity index (χ3v) is 4.35. The van der Waals surface area contributed by atoms with Crippen molar-refractivity contribution in [1.82, 2.24) is 5.32 Å². The van der Waals surface area contributed by atoms with E-state index in [1.165, 1.54) is 5.56 Å². The van der Waals surface area contributed by atoms with Gasteiger partial charge < -0.3 is 10.1 Å². The zero-order chi connectivity index (χ0) is 15.6. The number of benzene rings is 2. The second-order valence-corrected chi connectivity index (χ2v) is 5.86. The molecule has 21 heavy (non-hydrogen) atoms. The van der Waals surface area contributed by atoms with Crippen LogP contribution in [0.1, 0.15) is 28.3 Å². The van der Waals surface area contributed by atoms with E-state index >= 15 is 0 Å². The topological polar surface area (TPSA) is 21.3 Å². The predicted octanol–water partition coefficient (Wildman–Crippen LogP) is 4.93. The molecule has 2 nitrogen and oxygen atoms in total. The van der Waals surface area contributed by atoms with Crippen LogP contribution >= 0.6 is 23.2 Å². The summed E-state index contributed by atoms with van der Waals surface area (Å²) < 4.78 is 5.62. The molecule has 0 spiro atoms. The Balaban J connectivity index is 2.59. The van der Waals surface area contributed by atoms with Gasteiger partial charge in [0.25, 0.3) is 0 Å². The average Bonchev–Trinajstić information content (AvgIpc) is 2.45. The molecule has 0 bridgehead atoms. The molecular formula is C17H19Cl2NO. The first-order valence-corrected chi connectivity index (χ1v) is 7.51. The van der Waals surface area contributed by atoms with Gasteiger partial charge in [-0.1, -0.05) is 41.4 Å². The molecule has 0 aliphatic rings. The Morgan fingerprint density at radius 1 is 1.05 bits per heavy atom. The van der Waals surface area contributed by atoms with E-state index in [0.717, 1.165) is 22.4 Å². The van der Waals surface area contributed by atoms with Crippen molar-refractivity contribution in [3.63, 3.8) is 0 Å². The summed E-state index contributed by atoms with van der Waals surface area (Å²) in [6.45, 7) is 4.14. The second kappa shape index (κ2) is 6.69. The fourth-order valence-corrected chi connectivity index (χ4v) is 3.04. The number of hydrogen-bond acceptors (Lipinski definition) is 2. The molecule has 0 aromatic heterocycles. The fourth-order valence-electron chi connectivity index (χ4n) is 2.52. The molecule has 0 aliphatic carbocycles. The first kappa shape index (κ1) is 16.2. The molecule has 1 unspecified atom stereocenters. The van der Waals surface area contributed by atoms with Crippen LogP contribution in [-0.4, -0.2) is 14.2 Å². The molecule has 0 saturated carbocycles. The molecule has 1 N–H and O–H groups in total. The molecule has 0 heterocycles. The third kappa shape index (κ3) is 3.18. The van der Waals surface area contributed by atoms with Crippen LogP contribution in [0.3, 0.4) is 0 Å². The summed E-state index contributed by atoms with van der Waals surface area (Å²) in [5.74, 6) is 0.889. The number of methoxy groups -OCH3 is 1. The molecule has 0 radical (unpaired) electrons. The molecule has 2 aromatic carbocycles. The molecule has 0 fully saturated rings. The van der Waals surface area contributed by atoms with Crippen LogP contribution in [0.15, 0.2) is 30.3 Å². The Labute approximate surface area is 136 Å². The van der Waals surface area contributed by atoms with Gasteiger partial charge in [-0.05, 0) is 49.7 Å². The summed E-state index contributed by atoms with van der Waals surface area (Å²) in [6, 6.07) is 9.68. The number of aryl methyl sites for hydroxylation is 1. The van der Waals surface area contributed by atoms with Crippen molar-refractivity contribution in [1.29, 1.82) is 0 Å². The van der Waals surface area contributed by atoms with Crippen LogP contribution in [0, 0.1) is 13.8 Å². The average molecular weight is 324 g/mol. The number of hydrogen-bond donors (Lipinski definition) is 1. The lowest BCUT2D eigenvalue weighted by Crippen LogP contribution is -2.19. The molecule has 0 aliphatic heterocycles. The van der Waals surface area contributed by atoms with E-state index in [-0.39, 0.29) is 6.04 Å². The Morgan fingerprint density at radius 2 is 1.71 bits per heavy atom. The molecule has 1 atom stereocenters. The van der Waals surface area contributed by atoms with E-state index in [4.69, 9.17) is 27.9 Å². The van der Waals surface area contributed by atoms with Crippen molar-refractivity contribution in [2.24, 2.45) is 0 Å². The number of rotatable bonds is 4. The lowest BCUT2D eigenvalue weighted by Gasteiger charge is -2.23. The van der Waals surface area contributed by atoms with Crippen LogP contribution < -0.4 is 10.1 Å². The summed E-state index contributed by atoms with van der Waals surface area (Å²) in [5, 5.41) is 4.58. The van der Waals surface area contributed by atoms with Gasteiger partial charge in [0.1, 0.15) is 5.75 Å². The van der Waals surface area contributed by atoms with Gasteiger partial charge in [-0.25, -0.2) is 0 Å². The molecule has 0 amide bonds. The first-order chi connectivity index (χ1) is 9.99. The van der Waals surface area contributed by atoms with Crippen LogP contribution in [0.5, 0.6) is 5.75 Å². The van der Waals surface area contributed by atoms with Crippen LogP contribution in [-0.2, 0) is 0 Å². The minimum absolute atomic E-state index is 0.0518. The van der Waals surface area contributed by atoms with E-state index in [1.54, 1.807) is 13.2 Å². The highest BCUT2D eigenvalue weighted by molar-refractivity contribution is 6.35. The first-order valence-electron chi connectivity index (χ1n) is 6.76. The maximum atomic E-state index is 6.35. The van der Waals surface area contributed by atoms with Gasteiger partial charge in [0.2, 0.25) is 0 Å². The number of nitrogens with one attached hydrogen (secondary N) is 1. The Kier molecular flexibility index (Phi) is 5.15. The number of ether oxygens (including phenoxy) is 1. The van der Waals surface area contributed by atoms with Crippen molar-refractivity contribution >= 4 is 23.2 Å². The van der Waals surface area contributed by atoms with Crippen molar-refractivity contribution in [3.8, 4) is 5.75 Å². The highest BCUT2D eigenvalue weighted by atomic mass is 35.5. The van der Waals surface area contributed by atoms with Crippen molar-refractivity contribution in [2.75, 3.05) is 14.2 Å². The Morgan fingerprint density at radius 3 is 2.29 bits per heavy atom. The van der Waals surface area contributed by atoms with Crippen molar-refractivity contribution in [2.45, 2.75) is 19.9 Å². The predicted molar refractivity (Wildman–Crippen MR) is 89.8 cm³/mol. The zero-order valence-corrected chi connectivity index (χ0v) is 14.1. The Bertz CT molecular complexity index is 655. The maximum Gasteiger partial charge on any atom is 0.127 e. The van der Waals surface area contributed by atoms with E-state index in [2.05, 4.69) is 31.3 Å². The largest absolute Gasteiger partial charge is 0.496 e. The molecule has 112 valence electrons. The van der Waals surface area contributed by atoms with Gasteiger partial charge in [-0.15, -0.1) is 0 Å². The molecule has 2 aromatic rings. The lowest BCUT2D eigenvalue weighted by atomic mass is 9.94. The summed E-state index contributed by atoms with van der Waals surface area (Å²) in [6.07, 6.45) is 0. The zero-order valence-electron chi connectivity index (χ0n) is 12.6. The SMILES string of the molecule is CNC(c1ccc(Cl)cc1Cl)c1ccc(C)c(C)c1OC. The molecule has 4 heteroatoms. The maximum absolute atomic E-state index is 6.35. The van der Waals surface area contributed by atoms with Gasteiger partial charge in [-0.2, -0.15) is 0 Å². The molecule has 0 saturated heterocycles. The molecular weight excluding hydrogens is 305 g/mol. The van der Waals surface area contributed by atoms with Gasteiger partial charge in [-0.3, -0.25) is 0 Å². The summed E-state index contributed by atoms with van der Waals surface area (Å²) in [7, 11) is 3.60. The fraction of sp³-hybridized carbons (Fsp3) is 0.294. The quantitative estimate of drug-likeness (QED) is 0.861. The van der Waals surface area contributed by atoms with Crippen LogP contribution in [0.4, 0.5) is 0 Å². The van der Waals surface area contributed by atoms with E-state index in [9.17, 15) is 0 Å².